The molecule has 0 unspecified atom stereocenters. The van der Waals surface area contributed by atoms with Gasteiger partial charge in [0.25, 0.3) is 0 Å². The van der Waals surface area contributed by atoms with Gasteiger partial charge in [0.15, 0.2) is 0 Å². The van der Waals surface area contributed by atoms with E-state index in [0.29, 0.717) is 0 Å². The SMILES string of the molecule is NC=Cc1cccs1. The molecule has 1 nitrogen and oxygen atoms in total. The third-order valence-electron chi connectivity index (χ3n) is 0.804. The molecule has 0 aromatic carbocycles. The van der Waals surface area contributed by atoms with Crippen LogP contribution in [0.4, 0.5) is 0 Å². The van der Waals surface area contributed by atoms with Crippen molar-refractivity contribution in [3.8, 4) is 0 Å². The fourth-order valence-corrected chi connectivity index (χ4v) is 1.11. The molecule has 0 radical (unpaired) electrons. The van der Waals surface area contributed by atoms with Crippen LogP contribution in [-0.4, -0.2) is 0 Å². The summed E-state index contributed by atoms with van der Waals surface area (Å²) >= 11 is 1.68. The minimum absolute atomic E-state index is 1.20. The highest BCUT2D eigenvalue weighted by atomic mass is 32.1. The Morgan fingerprint density at radius 3 is 3.00 bits per heavy atom. The molecule has 0 aliphatic rings. The summed E-state index contributed by atoms with van der Waals surface area (Å²) in [6.45, 7) is 0. The Bertz CT molecular complexity index is 165. The Labute approximate surface area is 52.5 Å². The average Bonchev–Trinajstić information content (AvgIpc) is 2.19. The molecule has 0 aliphatic heterocycles. The summed E-state index contributed by atoms with van der Waals surface area (Å²) in [4.78, 5) is 1.20. The van der Waals surface area contributed by atoms with Gasteiger partial charge in [-0.05, 0) is 23.7 Å². The van der Waals surface area contributed by atoms with Crippen molar-refractivity contribution < 1.29 is 0 Å². The molecule has 0 amide bonds. The number of rotatable bonds is 1. The molecule has 2 N–H and O–H groups in total. The highest BCUT2D eigenvalue weighted by Gasteiger charge is 1.80. The molecule has 1 rings (SSSR count). The van der Waals surface area contributed by atoms with Crippen LogP contribution in [0, 0.1) is 0 Å². The first-order chi connectivity index (χ1) is 3.93. The van der Waals surface area contributed by atoms with E-state index < -0.39 is 0 Å². The zero-order chi connectivity index (χ0) is 5.82. The third-order valence-corrected chi connectivity index (χ3v) is 1.64. The molecule has 8 heavy (non-hydrogen) atoms. The molecule has 0 saturated carbocycles. The van der Waals surface area contributed by atoms with Crippen molar-refractivity contribution in [2.75, 3.05) is 0 Å². The van der Waals surface area contributed by atoms with E-state index in [0.717, 1.165) is 0 Å². The van der Waals surface area contributed by atoms with Crippen LogP contribution in [0.3, 0.4) is 0 Å². The van der Waals surface area contributed by atoms with Crippen LogP contribution in [0.1, 0.15) is 4.88 Å². The number of hydrogen-bond acceptors (Lipinski definition) is 2. The van der Waals surface area contributed by atoms with E-state index in [9.17, 15) is 0 Å². The molecular formula is C6H7NS. The van der Waals surface area contributed by atoms with Crippen LogP contribution >= 0.6 is 11.3 Å². The normalized spacial score (nSPS) is 10.5. The fraction of sp³-hybridized carbons (Fsp3) is 0. The molecule has 1 aromatic rings. The van der Waals surface area contributed by atoms with Gasteiger partial charge in [-0.2, -0.15) is 0 Å². The lowest BCUT2D eigenvalue weighted by molar-refractivity contribution is 1.64. The molecule has 0 bridgehead atoms. The summed E-state index contributed by atoms with van der Waals surface area (Å²) in [7, 11) is 0. The average molecular weight is 125 g/mol. The van der Waals surface area contributed by atoms with Crippen molar-refractivity contribution in [2.45, 2.75) is 0 Å². The highest BCUT2D eigenvalue weighted by molar-refractivity contribution is 7.10. The fourth-order valence-electron chi connectivity index (χ4n) is 0.481. The van der Waals surface area contributed by atoms with Crippen molar-refractivity contribution in [1.29, 1.82) is 0 Å². The van der Waals surface area contributed by atoms with Gasteiger partial charge in [-0.15, -0.1) is 11.3 Å². The van der Waals surface area contributed by atoms with Crippen LogP contribution in [0.2, 0.25) is 0 Å². The Balaban J connectivity index is 2.77. The summed E-state index contributed by atoms with van der Waals surface area (Å²) in [5, 5.41) is 2.02. The maximum absolute atomic E-state index is 5.15. The summed E-state index contributed by atoms with van der Waals surface area (Å²) in [6.07, 6.45) is 3.43. The Morgan fingerprint density at radius 2 is 2.50 bits per heavy atom. The first-order valence-electron chi connectivity index (χ1n) is 2.35. The molecule has 42 valence electrons. The minimum Gasteiger partial charge on any atom is -0.405 e. The first kappa shape index (κ1) is 5.38. The van der Waals surface area contributed by atoms with Gasteiger partial charge >= 0.3 is 0 Å². The second kappa shape index (κ2) is 2.52. The second-order valence-electron chi connectivity index (χ2n) is 1.37. The molecular weight excluding hydrogens is 118 g/mol. The smallest absolute Gasteiger partial charge is 0.0284 e. The van der Waals surface area contributed by atoms with Crippen molar-refractivity contribution in [3.05, 3.63) is 28.6 Å². The summed E-state index contributed by atoms with van der Waals surface area (Å²) in [6, 6.07) is 4.02. The maximum Gasteiger partial charge on any atom is 0.0284 e. The maximum atomic E-state index is 5.15. The standard InChI is InChI=1S/C6H7NS/c7-4-3-6-2-1-5-8-6/h1-5H,7H2. The molecule has 0 spiro atoms. The molecule has 1 aromatic heterocycles. The Morgan fingerprint density at radius 1 is 1.62 bits per heavy atom. The molecule has 2 heteroatoms. The van der Waals surface area contributed by atoms with Crippen molar-refractivity contribution in [2.24, 2.45) is 5.73 Å². The second-order valence-corrected chi connectivity index (χ2v) is 2.35. The highest BCUT2D eigenvalue weighted by Crippen LogP contribution is 2.08. The molecule has 1 heterocycles. The van der Waals surface area contributed by atoms with Crippen molar-refractivity contribution in [3.63, 3.8) is 0 Å². The predicted octanol–water partition coefficient (Wildman–Crippen LogP) is 1.68. The van der Waals surface area contributed by atoms with Crippen LogP contribution in [0.25, 0.3) is 6.08 Å². The van der Waals surface area contributed by atoms with E-state index in [4.69, 9.17) is 5.73 Å². The van der Waals surface area contributed by atoms with E-state index in [1.807, 2.05) is 23.6 Å². The monoisotopic (exact) mass is 125 g/mol. The largest absolute Gasteiger partial charge is 0.405 e. The van der Waals surface area contributed by atoms with E-state index >= 15 is 0 Å². The van der Waals surface area contributed by atoms with Gasteiger partial charge in [0.05, 0.1) is 0 Å². The summed E-state index contributed by atoms with van der Waals surface area (Å²) in [5.41, 5.74) is 5.15. The Hall–Kier alpha value is -0.760. The van der Waals surface area contributed by atoms with Gasteiger partial charge in [-0.25, -0.2) is 0 Å². The van der Waals surface area contributed by atoms with Gasteiger partial charge in [0, 0.05) is 4.88 Å². The number of nitrogens with two attached hydrogens (primary N) is 1. The molecule has 0 saturated heterocycles. The topological polar surface area (TPSA) is 26.0 Å². The first-order valence-corrected chi connectivity index (χ1v) is 3.23. The van der Waals surface area contributed by atoms with Crippen molar-refractivity contribution in [1.82, 2.24) is 0 Å². The zero-order valence-corrected chi connectivity index (χ0v) is 5.19. The van der Waals surface area contributed by atoms with E-state index in [2.05, 4.69) is 0 Å². The molecule has 0 atom stereocenters. The quantitative estimate of drug-likeness (QED) is 0.607. The summed E-state index contributed by atoms with van der Waals surface area (Å²) in [5.74, 6) is 0. The van der Waals surface area contributed by atoms with Gasteiger partial charge in [-0.3, -0.25) is 0 Å². The number of thiophene rings is 1. The lowest BCUT2D eigenvalue weighted by Crippen LogP contribution is -1.72. The lowest BCUT2D eigenvalue weighted by atomic mass is 10.5. The minimum atomic E-state index is 1.20. The van der Waals surface area contributed by atoms with Gasteiger partial charge in [0.1, 0.15) is 0 Å². The van der Waals surface area contributed by atoms with Gasteiger partial charge < -0.3 is 5.73 Å². The van der Waals surface area contributed by atoms with E-state index in [-0.39, 0.29) is 0 Å². The Kier molecular flexibility index (Phi) is 1.70. The zero-order valence-electron chi connectivity index (χ0n) is 4.37. The van der Waals surface area contributed by atoms with Crippen molar-refractivity contribution >= 4 is 17.4 Å². The van der Waals surface area contributed by atoms with E-state index in [1.165, 1.54) is 4.88 Å². The van der Waals surface area contributed by atoms with Gasteiger partial charge in [0.2, 0.25) is 0 Å². The number of hydrogen-bond donors (Lipinski definition) is 1. The lowest BCUT2D eigenvalue weighted by Gasteiger charge is -1.75. The third kappa shape index (κ3) is 1.10. The van der Waals surface area contributed by atoms with Crippen LogP contribution in [0.5, 0.6) is 0 Å². The van der Waals surface area contributed by atoms with Crippen LogP contribution in [-0.2, 0) is 0 Å². The summed E-state index contributed by atoms with van der Waals surface area (Å²) < 4.78 is 0. The van der Waals surface area contributed by atoms with E-state index in [1.54, 1.807) is 17.5 Å². The predicted molar refractivity (Wildman–Crippen MR) is 37.5 cm³/mol. The van der Waals surface area contributed by atoms with Crippen LogP contribution < -0.4 is 5.73 Å². The van der Waals surface area contributed by atoms with Crippen LogP contribution in [0.15, 0.2) is 23.7 Å². The molecule has 0 aliphatic carbocycles. The molecule has 0 fully saturated rings. The van der Waals surface area contributed by atoms with Gasteiger partial charge in [-0.1, -0.05) is 6.07 Å².